The maximum atomic E-state index is 9.18. The minimum absolute atomic E-state index is 0. The number of amides is 2. The Bertz CT molecular complexity index is 135. The van der Waals surface area contributed by atoms with Gasteiger partial charge in [0.2, 0.25) is 0 Å². The Morgan fingerprint density at radius 3 is 1.50 bits per heavy atom. The molecule has 0 aliphatic carbocycles. The van der Waals surface area contributed by atoms with Crippen LogP contribution in [0.5, 0.6) is 0 Å². The molecule has 0 radical (unpaired) electrons. The third-order valence-corrected chi connectivity index (χ3v) is 0.235. The highest BCUT2D eigenvalue weighted by atomic mass is 32.1. The van der Waals surface area contributed by atoms with E-state index in [1.54, 1.807) is 6.92 Å². The molecule has 0 aromatic carbocycles. The molecule has 0 unspecified atom stereocenters. The predicted octanol–water partition coefficient (Wildman–Crippen LogP) is 0.805. The van der Waals surface area contributed by atoms with Crippen molar-refractivity contribution in [2.75, 3.05) is 6.61 Å². The molecule has 0 aliphatic heterocycles. The zero-order valence-electron chi connectivity index (χ0n) is 6.97. The molecule has 86 valence electrons. The van der Waals surface area contributed by atoms with Gasteiger partial charge in [-0.15, -0.1) is 0 Å². The first-order valence-corrected chi connectivity index (χ1v) is 3.79. The van der Waals surface area contributed by atoms with E-state index in [4.69, 9.17) is 9.59 Å². The minimum Gasteiger partial charge on any atom is -0.468 e. The lowest BCUT2D eigenvalue weighted by molar-refractivity contribution is -0.128. The van der Waals surface area contributed by atoms with Crippen LogP contribution in [-0.4, -0.2) is 23.6 Å². The highest BCUT2D eigenvalue weighted by molar-refractivity contribution is 7.96. The summed E-state index contributed by atoms with van der Waals surface area (Å²) < 4.78 is 4.15. The number of thiol groups is 2. The molecule has 0 spiro atoms. The van der Waals surface area contributed by atoms with Gasteiger partial charge >= 0.3 is 0 Å². The summed E-state index contributed by atoms with van der Waals surface area (Å²) in [5.74, 6) is 0. The quantitative estimate of drug-likeness (QED) is 0.425. The number of nitrogens with two attached hydrogens (primary N) is 2. The fourth-order valence-corrected chi connectivity index (χ4v) is 0.0680. The zero-order valence-corrected chi connectivity index (χ0v) is 8.76. The standard InChI is InChI=1S/C3H6O2.2CH3NOS.CH4/c1-2-5-3-4;2*2-1(3)4;/h3H,2H2,1H3;2*(H3,2,3,4);1H4. The lowest BCUT2D eigenvalue weighted by Gasteiger charge is -1.79. The molecule has 0 fully saturated rings. The van der Waals surface area contributed by atoms with E-state index in [0.29, 0.717) is 13.1 Å². The Kier molecular flexibility index (Phi) is 37.6. The molecule has 0 saturated carbocycles. The van der Waals surface area contributed by atoms with Gasteiger partial charge in [-0.05, 0) is 6.92 Å². The number of ether oxygens (including phenoxy) is 1. The fraction of sp³-hybridized carbons (Fsp3) is 0.500. The second kappa shape index (κ2) is 22.7. The van der Waals surface area contributed by atoms with E-state index in [-0.39, 0.29) is 7.43 Å². The predicted molar refractivity (Wildman–Crippen MR) is 61.6 cm³/mol. The molecular weight excluding hydrogens is 228 g/mol. The van der Waals surface area contributed by atoms with E-state index in [1.807, 2.05) is 0 Å². The molecule has 4 N–H and O–H groups in total. The van der Waals surface area contributed by atoms with E-state index in [2.05, 4.69) is 41.5 Å². The molecule has 0 aliphatic rings. The topological polar surface area (TPSA) is 112 Å². The van der Waals surface area contributed by atoms with Crippen molar-refractivity contribution in [2.24, 2.45) is 11.5 Å². The van der Waals surface area contributed by atoms with Gasteiger partial charge in [0.05, 0.1) is 6.61 Å². The summed E-state index contributed by atoms with van der Waals surface area (Å²) >= 11 is 6.21. The first-order valence-electron chi connectivity index (χ1n) is 2.90. The molecule has 0 saturated heterocycles. The molecule has 14 heavy (non-hydrogen) atoms. The van der Waals surface area contributed by atoms with Crippen LogP contribution >= 0.6 is 25.3 Å². The van der Waals surface area contributed by atoms with E-state index in [0.717, 1.165) is 0 Å². The minimum atomic E-state index is -0.639. The van der Waals surface area contributed by atoms with Gasteiger partial charge in [0, 0.05) is 0 Å². The zero-order chi connectivity index (χ0) is 11.3. The van der Waals surface area contributed by atoms with Crippen molar-refractivity contribution in [2.45, 2.75) is 14.4 Å². The van der Waals surface area contributed by atoms with Crippen LogP contribution in [0, 0.1) is 0 Å². The molecule has 6 nitrogen and oxygen atoms in total. The summed E-state index contributed by atoms with van der Waals surface area (Å²) in [6.45, 7) is 2.66. The SMILES string of the molecule is C.CCOC=O.NC(=O)S.NC(=O)S. The van der Waals surface area contributed by atoms with Gasteiger partial charge in [0.15, 0.2) is 0 Å². The number of rotatable bonds is 2. The van der Waals surface area contributed by atoms with Crippen molar-refractivity contribution in [3.05, 3.63) is 0 Å². The highest BCUT2D eigenvalue weighted by Crippen LogP contribution is 1.61. The fourth-order valence-electron chi connectivity index (χ4n) is 0.0680. The number of carbonyl (C=O) groups excluding carboxylic acids is 3. The van der Waals surface area contributed by atoms with Crippen molar-refractivity contribution < 1.29 is 19.1 Å². The Labute approximate surface area is 94.2 Å². The average Bonchev–Trinajstić information content (AvgIpc) is 1.86. The van der Waals surface area contributed by atoms with Crippen molar-refractivity contribution in [3.8, 4) is 0 Å². The second-order valence-electron chi connectivity index (χ2n) is 1.23. The van der Waals surface area contributed by atoms with Gasteiger partial charge < -0.3 is 16.2 Å². The summed E-state index contributed by atoms with van der Waals surface area (Å²) in [7, 11) is 0. The van der Waals surface area contributed by atoms with Crippen LogP contribution in [0.2, 0.25) is 0 Å². The maximum Gasteiger partial charge on any atom is 0.293 e. The summed E-state index contributed by atoms with van der Waals surface area (Å²) in [6, 6.07) is 0. The summed E-state index contributed by atoms with van der Waals surface area (Å²) in [4.78, 5) is 27.4. The molecule has 0 heterocycles. The molecule has 0 atom stereocenters. The van der Waals surface area contributed by atoms with Gasteiger partial charge in [0.1, 0.15) is 0 Å². The molecular formula is C6H16N2O4S2. The van der Waals surface area contributed by atoms with Crippen molar-refractivity contribution in [1.82, 2.24) is 0 Å². The van der Waals surface area contributed by atoms with Crippen molar-refractivity contribution in [1.29, 1.82) is 0 Å². The number of primary amides is 2. The Hall–Kier alpha value is -0.890. The molecule has 0 aromatic rings. The van der Waals surface area contributed by atoms with Gasteiger partial charge in [-0.1, -0.05) is 32.7 Å². The van der Waals surface area contributed by atoms with Crippen molar-refractivity contribution in [3.63, 3.8) is 0 Å². The van der Waals surface area contributed by atoms with E-state index in [1.165, 1.54) is 0 Å². The van der Waals surface area contributed by atoms with E-state index < -0.39 is 10.5 Å². The first-order chi connectivity index (χ1) is 5.88. The number of carbonyl (C=O) groups is 3. The third kappa shape index (κ3) is 922. The number of hydrogen-bond acceptors (Lipinski definition) is 4. The normalized spacial score (nSPS) is 5.93. The lowest BCUT2D eigenvalue weighted by Crippen LogP contribution is -1.95. The van der Waals surface area contributed by atoms with Gasteiger partial charge in [-0.3, -0.25) is 14.4 Å². The lowest BCUT2D eigenvalue weighted by atomic mass is 10.9. The maximum absolute atomic E-state index is 9.18. The van der Waals surface area contributed by atoms with Crippen LogP contribution in [0.1, 0.15) is 14.4 Å². The Morgan fingerprint density at radius 1 is 1.29 bits per heavy atom. The summed E-state index contributed by atoms with van der Waals surface area (Å²) in [5, 5.41) is -1.28. The largest absolute Gasteiger partial charge is 0.468 e. The van der Waals surface area contributed by atoms with E-state index in [9.17, 15) is 4.79 Å². The van der Waals surface area contributed by atoms with Gasteiger partial charge in [-0.25, -0.2) is 0 Å². The monoisotopic (exact) mass is 244 g/mol. The second-order valence-corrected chi connectivity index (χ2v) is 2.11. The highest BCUT2D eigenvalue weighted by Gasteiger charge is 1.63. The van der Waals surface area contributed by atoms with Crippen LogP contribution in [0.25, 0.3) is 0 Å². The summed E-state index contributed by atoms with van der Waals surface area (Å²) in [6.07, 6.45) is 0. The van der Waals surface area contributed by atoms with Gasteiger partial charge in [-0.2, -0.15) is 0 Å². The molecule has 8 heteroatoms. The Balaban J connectivity index is -0.0000000522. The van der Waals surface area contributed by atoms with Gasteiger partial charge in [0.25, 0.3) is 17.0 Å². The van der Waals surface area contributed by atoms with Crippen LogP contribution in [0.3, 0.4) is 0 Å². The van der Waals surface area contributed by atoms with Crippen molar-refractivity contribution >= 4 is 42.2 Å². The molecule has 0 aromatic heterocycles. The number of hydrogen-bond donors (Lipinski definition) is 4. The van der Waals surface area contributed by atoms with E-state index >= 15 is 0 Å². The summed E-state index contributed by atoms with van der Waals surface area (Å²) in [5.41, 5.74) is 8.67. The third-order valence-electron chi connectivity index (χ3n) is 0.235. The van der Waals surface area contributed by atoms with Crippen LogP contribution in [0.15, 0.2) is 0 Å². The molecule has 0 rings (SSSR count). The molecule has 2 amide bonds. The Morgan fingerprint density at radius 2 is 1.50 bits per heavy atom. The van der Waals surface area contributed by atoms with Crippen LogP contribution in [-0.2, 0) is 9.53 Å². The van der Waals surface area contributed by atoms with Crippen LogP contribution < -0.4 is 11.5 Å². The first kappa shape index (κ1) is 23.2. The average molecular weight is 244 g/mol. The smallest absolute Gasteiger partial charge is 0.293 e. The van der Waals surface area contributed by atoms with Crippen LogP contribution in [0.4, 0.5) is 9.59 Å². The molecule has 0 bridgehead atoms.